The van der Waals surface area contributed by atoms with Crippen molar-refractivity contribution in [2.45, 2.75) is 33.4 Å². The maximum atomic E-state index is 13.4. The van der Waals surface area contributed by atoms with Gasteiger partial charge in [0.15, 0.2) is 5.76 Å². The van der Waals surface area contributed by atoms with Crippen molar-refractivity contribution >= 4 is 23.1 Å². The Hall–Kier alpha value is -4.46. The number of imidazole rings is 1. The van der Waals surface area contributed by atoms with Gasteiger partial charge in [-0.05, 0) is 61.7 Å². The molecule has 1 atom stereocenters. The van der Waals surface area contributed by atoms with Crippen LogP contribution in [0.2, 0.25) is 0 Å². The van der Waals surface area contributed by atoms with E-state index in [0.29, 0.717) is 29.3 Å². The summed E-state index contributed by atoms with van der Waals surface area (Å²) in [5, 5.41) is 11.5. The standard InChI is InChI=1S/C28H26N4O4/c1-4-36-21-11-5-10-20(14-21)24-22(26(34)28(35)32(24)16-19-9-6-12-29-15-19)25(33)23-18(3)31-13-7-8-17(2)27(31)30-23/h5-15,24,33H,4,16H2,1-3H3/b25-22+. The number of fused-ring (bicyclic) bond motifs is 1. The number of amides is 1. The fourth-order valence-corrected chi connectivity index (χ4v) is 4.69. The number of pyridine rings is 2. The van der Waals surface area contributed by atoms with Crippen molar-refractivity contribution < 1.29 is 19.4 Å². The predicted octanol–water partition coefficient (Wildman–Crippen LogP) is 4.37. The number of ether oxygens (including phenoxy) is 1. The number of hydrogen-bond donors (Lipinski definition) is 1. The number of likely N-dealkylation sites (tertiary alicyclic amines) is 1. The highest BCUT2D eigenvalue weighted by atomic mass is 16.5. The normalized spacial score (nSPS) is 17.2. The summed E-state index contributed by atoms with van der Waals surface area (Å²) in [5.74, 6) is -1.13. The van der Waals surface area contributed by atoms with Gasteiger partial charge in [0.05, 0.1) is 23.9 Å². The number of carbonyl (C=O) groups is 2. The molecule has 4 heterocycles. The highest BCUT2D eigenvalue weighted by Crippen LogP contribution is 2.41. The number of benzene rings is 1. The van der Waals surface area contributed by atoms with Crippen LogP contribution in [-0.2, 0) is 16.1 Å². The maximum absolute atomic E-state index is 13.4. The Balaban J connectivity index is 1.71. The zero-order chi connectivity index (χ0) is 25.4. The molecule has 8 nitrogen and oxygen atoms in total. The fraction of sp³-hybridized carbons (Fsp3) is 0.214. The van der Waals surface area contributed by atoms with E-state index in [1.165, 1.54) is 4.90 Å². The third kappa shape index (κ3) is 3.90. The molecule has 36 heavy (non-hydrogen) atoms. The molecule has 5 rings (SSSR count). The van der Waals surface area contributed by atoms with Crippen molar-refractivity contribution in [3.63, 3.8) is 0 Å². The van der Waals surface area contributed by atoms with Crippen molar-refractivity contribution in [3.8, 4) is 5.75 Å². The summed E-state index contributed by atoms with van der Waals surface area (Å²) >= 11 is 0. The molecule has 1 aliphatic heterocycles. The molecule has 1 fully saturated rings. The Morgan fingerprint density at radius 3 is 2.67 bits per heavy atom. The van der Waals surface area contributed by atoms with Crippen LogP contribution in [0.4, 0.5) is 0 Å². The molecule has 1 unspecified atom stereocenters. The first kappa shape index (κ1) is 23.3. The first-order valence-corrected chi connectivity index (χ1v) is 11.8. The molecular formula is C28H26N4O4. The first-order valence-electron chi connectivity index (χ1n) is 11.8. The quantitative estimate of drug-likeness (QED) is 0.249. The SMILES string of the molecule is CCOc1cccc(C2/C(=C(\O)c3nc4c(C)cccn4c3C)C(=O)C(=O)N2Cc2cccnc2)c1. The van der Waals surface area contributed by atoms with E-state index in [1.807, 2.05) is 67.8 Å². The van der Waals surface area contributed by atoms with Gasteiger partial charge in [-0.25, -0.2) is 4.98 Å². The lowest BCUT2D eigenvalue weighted by molar-refractivity contribution is -0.140. The molecule has 0 saturated carbocycles. The largest absolute Gasteiger partial charge is 0.505 e. The van der Waals surface area contributed by atoms with E-state index in [1.54, 1.807) is 24.5 Å². The Bertz CT molecular complexity index is 1510. The molecule has 0 aliphatic carbocycles. The number of rotatable bonds is 6. The average Bonchev–Trinajstić information content (AvgIpc) is 3.35. The van der Waals surface area contributed by atoms with Crippen molar-refractivity contribution in [2.75, 3.05) is 6.61 Å². The predicted molar refractivity (Wildman–Crippen MR) is 134 cm³/mol. The molecule has 182 valence electrons. The van der Waals surface area contributed by atoms with Crippen molar-refractivity contribution in [1.29, 1.82) is 0 Å². The van der Waals surface area contributed by atoms with Crippen LogP contribution < -0.4 is 4.74 Å². The highest BCUT2D eigenvalue weighted by molar-refractivity contribution is 6.46. The number of hydrogen-bond acceptors (Lipinski definition) is 6. The molecule has 0 radical (unpaired) electrons. The van der Waals surface area contributed by atoms with Crippen LogP contribution in [0.15, 0.2) is 72.7 Å². The summed E-state index contributed by atoms with van der Waals surface area (Å²) in [6, 6.07) is 13.9. The van der Waals surface area contributed by atoms with Gasteiger partial charge < -0.3 is 19.1 Å². The van der Waals surface area contributed by atoms with Crippen LogP contribution in [0.1, 0.15) is 41.0 Å². The number of nitrogens with zero attached hydrogens (tertiary/aromatic N) is 4. The van der Waals surface area contributed by atoms with E-state index in [0.717, 1.165) is 11.1 Å². The second-order valence-corrected chi connectivity index (χ2v) is 8.72. The second-order valence-electron chi connectivity index (χ2n) is 8.72. The Kier molecular flexibility index (Phi) is 6.01. The smallest absolute Gasteiger partial charge is 0.295 e. The zero-order valence-electron chi connectivity index (χ0n) is 20.3. The van der Waals surface area contributed by atoms with Gasteiger partial charge in [-0.2, -0.15) is 0 Å². The van der Waals surface area contributed by atoms with Crippen molar-refractivity contribution in [2.24, 2.45) is 0 Å². The fourth-order valence-electron chi connectivity index (χ4n) is 4.69. The van der Waals surface area contributed by atoms with Crippen molar-refractivity contribution in [1.82, 2.24) is 19.3 Å². The van der Waals surface area contributed by atoms with Crippen LogP contribution in [0.25, 0.3) is 11.4 Å². The lowest BCUT2D eigenvalue weighted by atomic mass is 9.96. The van der Waals surface area contributed by atoms with E-state index >= 15 is 0 Å². The number of ketones is 1. The summed E-state index contributed by atoms with van der Waals surface area (Å²) in [7, 11) is 0. The zero-order valence-corrected chi connectivity index (χ0v) is 20.3. The van der Waals surface area contributed by atoms with E-state index in [-0.39, 0.29) is 23.6 Å². The lowest BCUT2D eigenvalue weighted by Gasteiger charge is -2.25. The van der Waals surface area contributed by atoms with Crippen LogP contribution in [0, 0.1) is 13.8 Å². The highest BCUT2D eigenvalue weighted by Gasteiger charge is 2.46. The molecule has 1 N–H and O–H groups in total. The molecule has 1 aromatic carbocycles. The van der Waals surface area contributed by atoms with Gasteiger partial charge in [-0.1, -0.05) is 24.3 Å². The summed E-state index contributed by atoms with van der Waals surface area (Å²) in [6.45, 7) is 6.26. The van der Waals surface area contributed by atoms with Crippen LogP contribution in [0.5, 0.6) is 5.75 Å². The Morgan fingerprint density at radius 1 is 1.11 bits per heavy atom. The molecule has 0 spiro atoms. The number of carbonyl (C=O) groups excluding carboxylic acids is 2. The summed E-state index contributed by atoms with van der Waals surface area (Å²) < 4.78 is 7.54. The van der Waals surface area contributed by atoms with Gasteiger partial charge in [0, 0.05) is 25.1 Å². The summed E-state index contributed by atoms with van der Waals surface area (Å²) in [4.78, 5) is 37.0. The molecule has 1 aliphatic rings. The third-order valence-corrected chi connectivity index (χ3v) is 6.41. The Morgan fingerprint density at radius 2 is 1.94 bits per heavy atom. The van der Waals surface area contributed by atoms with Crippen molar-refractivity contribution in [3.05, 3.63) is 101 Å². The van der Waals surface area contributed by atoms with Gasteiger partial charge >= 0.3 is 0 Å². The molecule has 4 aromatic rings. The number of aromatic nitrogens is 3. The maximum Gasteiger partial charge on any atom is 0.295 e. The monoisotopic (exact) mass is 482 g/mol. The summed E-state index contributed by atoms with van der Waals surface area (Å²) in [5.41, 5.74) is 3.98. The number of aliphatic hydroxyl groups is 1. The molecular weight excluding hydrogens is 456 g/mol. The molecule has 3 aromatic heterocycles. The molecule has 1 saturated heterocycles. The number of Topliss-reactive ketones (excluding diaryl/α,β-unsaturated/α-hetero) is 1. The van der Waals surface area contributed by atoms with E-state index < -0.39 is 17.7 Å². The van der Waals surface area contributed by atoms with Crippen LogP contribution >= 0.6 is 0 Å². The Labute approximate surface area is 208 Å². The van der Waals surface area contributed by atoms with Gasteiger partial charge in [0.2, 0.25) is 0 Å². The van der Waals surface area contributed by atoms with Gasteiger partial charge in [0.25, 0.3) is 11.7 Å². The third-order valence-electron chi connectivity index (χ3n) is 6.41. The minimum absolute atomic E-state index is 0.00157. The minimum Gasteiger partial charge on any atom is -0.505 e. The van der Waals surface area contributed by atoms with E-state index in [2.05, 4.69) is 9.97 Å². The van der Waals surface area contributed by atoms with E-state index in [4.69, 9.17) is 4.74 Å². The average molecular weight is 483 g/mol. The second kappa shape index (κ2) is 9.30. The number of aliphatic hydroxyl groups excluding tert-OH is 1. The summed E-state index contributed by atoms with van der Waals surface area (Å²) in [6.07, 6.45) is 5.16. The molecule has 1 amide bonds. The molecule has 8 heteroatoms. The van der Waals surface area contributed by atoms with Gasteiger partial charge in [0.1, 0.15) is 17.1 Å². The van der Waals surface area contributed by atoms with E-state index in [9.17, 15) is 14.7 Å². The first-order chi connectivity index (χ1) is 17.4. The number of aryl methyl sites for hydroxylation is 2. The topological polar surface area (TPSA) is 97.0 Å². The van der Waals surface area contributed by atoms with Crippen LogP contribution in [-0.4, -0.2) is 42.7 Å². The van der Waals surface area contributed by atoms with Gasteiger partial charge in [-0.15, -0.1) is 0 Å². The lowest BCUT2D eigenvalue weighted by Crippen LogP contribution is -2.29. The minimum atomic E-state index is -0.823. The molecule has 0 bridgehead atoms. The van der Waals surface area contributed by atoms with Crippen LogP contribution in [0.3, 0.4) is 0 Å². The van der Waals surface area contributed by atoms with Gasteiger partial charge in [-0.3, -0.25) is 14.6 Å².